The number of aliphatic hydroxyl groups excluding tert-OH is 1. The molecule has 0 radical (unpaired) electrons. The first-order valence-corrected chi connectivity index (χ1v) is 11.6. The van der Waals surface area contributed by atoms with Gasteiger partial charge >= 0.3 is 0 Å². The minimum atomic E-state index is -0.398. The zero-order valence-corrected chi connectivity index (χ0v) is 17.7. The summed E-state index contributed by atoms with van der Waals surface area (Å²) in [5.74, 6) is 0.0739. The van der Waals surface area contributed by atoms with Gasteiger partial charge in [0.05, 0.1) is 12.1 Å². The Morgan fingerprint density at radius 2 is 1.93 bits per heavy atom. The van der Waals surface area contributed by atoms with Gasteiger partial charge in [0.25, 0.3) is 0 Å². The predicted molar refractivity (Wildman–Crippen MR) is 117 cm³/mol. The molecule has 2 aromatic rings. The smallest absolute Gasteiger partial charge is 0.237 e. The summed E-state index contributed by atoms with van der Waals surface area (Å²) in [6.07, 6.45) is 3.13. The van der Waals surface area contributed by atoms with Crippen molar-refractivity contribution in [1.82, 2.24) is 15.1 Å². The van der Waals surface area contributed by atoms with Crippen molar-refractivity contribution in [2.24, 2.45) is 0 Å². The van der Waals surface area contributed by atoms with Crippen molar-refractivity contribution in [2.45, 2.75) is 50.4 Å². The van der Waals surface area contributed by atoms with Crippen LogP contribution in [0, 0.1) is 0 Å². The van der Waals surface area contributed by atoms with Gasteiger partial charge in [0.2, 0.25) is 5.91 Å². The molecule has 1 amide bonds. The molecule has 4 rings (SSSR count). The molecule has 5 nitrogen and oxygen atoms in total. The van der Waals surface area contributed by atoms with Crippen LogP contribution in [0.2, 0.25) is 0 Å². The van der Waals surface area contributed by atoms with Gasteiger partial charge in [0, 0.05) is 30.6 Å². The van der Waals surface area contributed by atoms with Crippen LogP contribution in [0.3, 0.4) is 0 Å². The average molecular weight is 414 g/mol. The molecule has 0 spiro atoms. The Morgan fingerprint density at radius 3 is 2.66 bits per heavy atom. The van der Waals surface area contributed by atoms with Gasteiger partial charge in [-0.05, 0) is 55.8 Å². The molecule has 3 heterocycles. The van der Waals surface area contributed by atoms with E-state index in [-0.39, 0.29) is 11.9 Å². The molecule has 0 bridgehead atoms. The van der Waals surface area contributed by atoms with Crippen LogP contribution in [0.15, 0.2) is 47.8 Å². The Balaban J connectivity index is 1.27. The zero-order chi connectivity index (χ0) is 20.1. The largest absolute Gasteiger partial charge is 0.392 e. The summed E-state index contributed by atoms with van der Waals surface area (Å²) in [7, 11) is 0. The zero-order valence-electron chi connectivity index (χ0n) is 16.9. The van der Waals surface area contributed by atoms with Crippen molar-refractivity contribution in [1.29, 1.82) is 0 Å². The maximum absolute atomic E-state index is 12.8. The molecule has 2 aliphatic rings. The summed E-state index contributed by atoms with van der Waals surface area (Å²) in [5, 5.41) is 15.4. The molecule has 1 aromatic carbocycles. The second kappa shape index (κ2) is 9.85. The monoisotopic (exact) mass is 413 g/mol. The van der Waals surface area contributed by atoms with Gasteiger partial charge in [-0.3, -0.25) is 14.6 Å². The summed E-state index contributed by atoms with van der Waals surface area (Å²) in [5.41, 5.74) is 1.35. The molecular formula is C23H31N3O2S. The van der Waals surface area contributed by atoms with Crippen LogP contribution in [0.5, 0.6) is 0 Å². The minimum Gasteiger partial charge on any atom is -0.392 e. The Morgan fingerprint density at radius 1 is 1.14 bits per heavy atom. The molecule has 0 aliphatic carbocycles. The van der Waals surface area contributed by atoms with E-state index < -0.39 is 6.10 Å². The van der Waals surface area contributed by atoms with Crippen molar-refractivity contribution >= 4 is 17.2 Å². The highest BCUT2D eigenvalue weighted by molar-refractivity contribution is 7.09. The molecule has 2 N–H and O–H groups in total. The molecular weight excluding hydrogens is 382 g/mol. The van der Waals surface area contributed by atoms with Crippen molar-refractivity contribution in [3.63, 3.8) is 0 Å². The minimum absolute atomic E-state index is 0.0739. The lowest BCUT2D eigenvalue weighted by Gasteiger charge is -2.38. The molecule has 2 atom stereocenters. The van der Waals surface area contributed by atoms with Crippen LogP contribution in [-0.2, 0) is 17.8 Å². The maximum Gasteiger partial charge on any atom is 0.237 e. The van der Waals surface area contributed by atoms with E-state index >= 15 is 0 Å². The first-order chi connectivity index (χ1) is 14.2. The first-order valence-electron chi connectivity index (χ1n) is 10.7. The molecule has 6 heteroatoms. The SMILES string of the molecule is O=C(NCCc1cccs1)[C@@H]1C[C@@H](O)CN1C1CCN(Cc2ccccc2)CC1. The summed E-state index contributed by atoms with van der Waals surface area (Å²) in [4.78, 5) is 18.9. The van der Waals surface area contributed by atoms with Gasteiger partial charge in [-0.25, -0.2) is 0 Å². The Kier molecular flexibility index (Phi) is 6.98. The summed E-state index contributed by atoms with van der Waals surface area (Å²) in [6, 6.07) is 14.9. The van der Waals surface area contributed by atoms with Crippen LogP contribution in [0.25, 0.3) is 0 Å². The third-order valence-corrected chi connectivity index (χ3v) is 7.08. The number of aliphatic hydroxyl groups is 1. The molecule has 0 saturated carbocycles. The molecule has 29 heavy (non-hydrogen) atoms. The van der Waals surface area contributed by atoms with Crippen molar-refractivity contribution < 1.29 is 9.90 Å². The van der Waals surface area contributed by atoms with Crippen molar-refractivity contribution in [2.75, 3.05) is 26.2 Å². The van der Waals surface area contributed by atoms with Gasteiger partial charge in [-0.2, -0.15) is 0 Å². The van der Waals surface area contributed by atoms with Crippen LogP contribution in [-0.4, -0.2) is 65.2 Å². The van der Waals surface area contributed by atoms with Gasteiger partial charge in [0.15, 0.2) is 0 Å². The van der Waals surface area contributed by atoms with Crippen LogP contribution in [0.4, 0.5) is 0 Å². The van der Waals surface area contributed by atoms with Gasteiger partial charge in [-0.15, -0.1) is 11.3 Å². The number of carbonyl (C=O) groups is 1. The fourth-order valence-corrected chi connectivity index (χ4v) is 5.34. The highest BCUT2D eigenvalue weighted by Gasteiger charge is 2.40. The first kappa shape index (κ1) is 20.5. The Labute approximate surface area is 177 Å². The Bertz CT molecular complexity index is 760. The molecule has 1 aromatic heterocycles. The van der Waals surface area contributed by atoms with Gasteiger partial charge < -0.3 is 10.4 Å². The average Bonchev–Trinajstić information content (AvgIpc) is 3.39. The van der Waals surface area contributed by atoms with Crippen LogP contribution >= 0.6 is 11.3 Å². The van der Waals surface area contributed by atoms with Crippen molar-refractivity contribution in [3.8, 4) is 0 Å². The number of likely N-dealkylation sites (tertiary alicyclic amines) is 2. The lowest BCUT2D eigenvalue weighted by atomic mass is 10.0. The summed E-state index contributed by atoms with van der Waals surface area (Å²) < 4.78 is 0. The normalized spacial score (nSPS) is 24.0. The molecule has 156 valence electrons. The second-order valence-corrected chi connectivity index (χ2v) is 9.25. The van der Waals surface area contributed by atoms with Crippen molar-refractivity contribution in [3.05, 3.63) is 58.3 Å². The number of hydrogen-bond acceptors (Lipinski definition) is 5. The fraction of sp³-hybridized carbons (Fsp3) is 0.522. The third-order valence-electron chi connectivity index (χ3n) is 6.15. The van der Waals surface area contributed by atoms with E-state index in [0.717, 1.165) is 38.9 Å². The second-order valence-electron chi connectivity index (χ2n) is 8.22. The number of benzene rings is 1. The van der Waals surface area contributed by atoms with E-state index in [4.69, 9.17) is 0 Å². The third kappa shape index (κ3) is 5.45. The lowest BCUT2D eigenvalue weighted by molar-refractivity contribution is -0.126. The van der Waals surface area contributed by atoms with E-state index in [1.54, 1.807) is 11.3 Å². The van der Waals surface area contributed by atoms with E-state index in [9.17, 15) is 9.90 Å². The summed E-state index contributed by atoms with van der Waals surface area (Å²) >= 11 is 1.72. The number of amides is 1. The number of carbonyl (C=O) groups excluding carboxylic acids is 1. The highest BCUT2D eigenvalue weighted by Crippen LogP contribution is 2.27. The number of nitrogens with one attached hydrogen (secondary N) is 1. The number of rotatable bonds is 7. The number of thiophene rings is 1. The number of hydrogen-bond donors (Lipinski definition) is 2. The highest BCUT2D eigenvalue weighted by atomic mass is 32.1. The van der Waals surface area contributed by atoms with E-state index in [1.165, 1.54) is 10.4 Å². The standard InChI is InChI=1S/C23H31N3O2S/c27-20-15-22(23(28)24-11-8-21-7-4-14-29-21)26(17-20)19-9-12-25(13-10-19)16-18-5-2-1-3-6-18/h1-7,14,19-20,22,27H,8-13,15-17H2,(H,24,28)/t20-,22+/m1/s1. The molecule has 2 aliphatic heterocycles. The molecule has 2 fully saturated rings. The molecule has 0 unspecified atom stereocenters. The lowest BCUT2D eigenvalue weighted by Crippen LogP contribution is -2.51. The molecule has 2 saturated heterocycles. The van der Waals surface area contributed by atoms with Crippen LogP contribution in [0.1, 0.15) is 29.7 Å². The summed E-state index contributed by atoms with van der Waals surface area (Å²) in [6.45, 7) is 4.35. The quantitative estimate of drug-likeness (QED) is 0.732. The number of piperidine rings is 1. The van der Waals surface area contributed by atoms with E-state index in [2.05, 4.69) is 56.9 Å². The Hall–Kier alpha value is -1.73. The number of β-amino-alcohol motifs (C(OH)–C–C–N with tert-alkyl or cyclic N) is 1. The van der Waals surface area contributed by atoms with Gasteiger partial charge in [-0.1, -0.05) is 36.4 Å². The van der Waals surface area contributed by atoms with Crippen LogP contribution < -0.4 is 5.32 Å². The topological polar surface area (TPSA) is 55.8 Å². The maximum atomic E-state index is 12.8. The fourth-order valence-electron chi connectivity index (χ4n) is 4.63. The number of nitrogens with zero attached hydrogens (tertiary/aromatic N) is 2. The van der Waals surface area contributed by atoms with Gasteiger partial charge in [0.1, 0.15) is 0 Å². The van der Waals surface area contributed by atoms with E-state index in [1.807, 2.05) is 6.07 Å². The predicted octanol–water partition coefficient (Wildman–Crippen LogP) is 2.51. The van der Waals surface area contributed by atoms with E-state index in [0.29, 0.717) is 25.6 Å².